The third-order valence-corrected chi connectivity index (χ3v) is 0.940. The summed E-state index contributed by atoms with van der Waals surface area (Å²) >= 11 is 0. The monoisotopic (exact) mass is 112 g/mol. The van der Waals surface area contributed by atoms with Gasteiger partial charge in [0, 0.05) is 0 Å². The third-order valence-electron chi connectivity index (χ3n) is 0.940. The van der Waals surface area contributed by atoms with Crippen molar-refractivity contribution in [3.8, 4) is 0 Å². The zero-order chi connectivity index (χ0) is 5.40. The molecule has 0 saturated heterocycles. The Kier molecular flexibility index (Phi) is 0.528. The quantitative estimate of drug-likeness (QED) is 0.445. The number of hydrogen-bond acceptors (Lipinski definition) is 4. The van der Waals surface area contributed by atoms with Crippen LogP contribution in [0, 0.1) is 0 Å². The van der Waals surface area contributed by atoms with Crippen molar-refractivity contribution in [2.24, 2.45) is 0 Å². The summed E-state index contributed by atoms with van der Waals surface area (Å²) in [5, 5.41) is 0. The van der Waals surface area contributed by atoms with Gasteiger partial charge in [-0.1, -0.05) is 0 Å². The van der Waals surface area contributed by atoms with E-state index in [0.29, 0.717) is 5.82 Å². The zero-order valence-corrected chi connectivity index (χ0v) is 3.93. The molecular weight excluding hydrogens is 108 g/mol. The van der Waals surface area contributed by atoms with Gasteiger partial charge in [0.15, 0.2) is 11.6 Å². The van der Waals surface area contributed by atoms with E-state index in [1.54, 1.807) is 6.33 Å². The zero-order valence-electron chi connectivity index (χ0n) is 3.93. The molecule has 0 fully saturated rings. The average molecular weight is 112 g/mol. The minimum Gasteiger partial charge on any atom is -0.328 e. The van der Waals surface area contributed by atoms with Gasteiger partial charge in [-0.25, -0.2) is 15.9 Å². The van der Waals surface area contributed by atoms with Gasteiger partial charge in [0.2, 0.25) is 0 Å². The molecule has 0 saturated carbocycles. The Morgan fingerprint density at radius 2 is 2.50 bits per heavy atom. The number of imidazole rings is 1. The number of anilines is 2. The van der Waals surface area contributed by atoms with E-state index in [-0.39, 0.29) is 0 Å². The lowest BCUT2D eigenvalue weighted by molar-refractivity contribution is 0.279. The number of nitrogens with one attached hydrogen (secondary N) is 3. The molecule has 1 aliphatic heterocycles. The SMILES string of the molecule is c1nc2c([nH]1)NON2. The van der Waals surface area contributed by atoms with Crippen molar-refractivity contribution >= 4 is 11.6 Å². The average Bonchev–Trinajstić information content (AvgIpc) is 2.15. The molecule has 1 aliphatic rings. The number of hydrogen-bond donors (Lipinski definition) is 3. The highest BCUT2D eigenvalue weighted by atomic mass is 16.8. The van der Waals surface area contributed by atoms with Crippen LogP contribution in [0.2, 0.25) is 0 Å². The molecule has 0 unspecified atom stereocenters. The van der Waals surface area contributed by atoms with Crippen LogP contribution in [0.1, 0.15) is 0 Å². The highest BCUT2D eigenvalue weighted by Gasteiger charge is 2.10. The second-order valence-electron chi connectivity index (χ2n) is 1.43. The lowest BCUT2D eigenvalue weighted by Gasteiger charge is -1.86. The van der Waals surface area contributed by atoms with Crippen LogP contribution in [-0.2, 0) is 4.94 Å². The Morgan fingerprint density at radius 1 is 1.50 bits per heavy atom. The Labute approximate surface area is 45.0 Å². The molecule has 0 spiro atoms. The van der Waals surface area contributed by atoms with E-state index in [1.165, 1.54) is 0 Å². The van der Waals surface area contributed by atoms with E-state index < -0.39 is 0 Å². The van der Waals surface area contributed by atoms with Gasteiger partial charge >= 0.3 is 0 Å². The lowest BCUT2D eigenvalue weighted by atomic mass is 10.7. The van der Waals surface area contributed by atoms with Gasteiger partial charge in [-0.15, -0.1) is 0 Å². The molecule has 3 N–H and O–H groups in total. The Balaban J connectivity index is 2.54. The van der Waals surface area contributed by atoms with E-state index in [0.717, 1.165) is 5.82 Å². The largest absolute Gasteiger partial charge is 0.328 e. The molecule has 42 valence electrons. The molecule has 0 atom stereocenters. The fraction of sp³-hybridized carbons (Fsp3) is 0. The molecule has 0 radical (unpaired) electrons. The van der Waals surface area contributed by atoms with E-state index in [9.17, 15) is 0 Å². The molecule has 5 nitrogen and oxygen atoms in total. The number of nitrogens with zero attached hydrogens (tertiary/aromatic N) is 1. The molecule has 2 heterocycles. The molecule has 8 heavy (non-hydrogen) atoms. The maximum absolute atomic E-state index is 4.56. The second-order valence-corrected chi connectivity index (χ2v) is 1.43. The van der Waals surface area contributed by atoms with E-state index in [2.05, 4.69) is 25.9 Å². The first-order chi connectivity index (χ1) is 3.97. The van der Waals surface area contributed by atoms with Gasteiger partial charge in [-0.05, 0) is 0 Å². The van der Waals surface area contributed by atoms with Crippen LogP contribution < -0.4 is 11.0 Å². The topological polar surface area (TPSA) is 62.0 Å². The standard InChI is InChI=1S/C3H4N4O/c1-4-2-3(5-1)7-8-6-2/h1,6-7H,(H,4,5). The summed E-state index contributed by atoms with van der Waals surface area (Å²) in [7, 11) is 0. The summed E-state index contributed by atoms with van der Waals surface area (Å²) in [4.78, 5) is 11.2. The fourth-order valence-corrected chi connectivity index (χ4v) is 0.574. The van der Waals surface area contributed by atoms with Crippen LogP contribution in [0.25, 0.3) is 0 Å². The number of aromatic nitrogens is 2. The summed E-state index contributed by atoms with van der Waals surface area (Å²) in [5.41, 5.74) is 5.08. The minimum atomic E-state index is 0.699. The number of rotatable bonds is 0. The van der Waals surface area contributed by atoms with Crippen LogP contribution in [0.15, 0.2) is 6.33 Å². The molecule has 2 rings (SSSR count). The molecular formula is C3H4N4O. The van der Waals surface area contributed by atoms with E-state index in [4.69, 9.17) is 0 Å². The van der Waals surface area contributed by atoms with Crippen LogP contribution in [0.4, 0.5) is 11.6 Å². The highest BCUT2D eigenvalue weighted by Crippen LogP contribution is 2.19. The van der Waals surface area contributed by atoms with Crippen LogP contribution in [0.3, 0.4) is 0 Å². The minimum absolute atomic E-state index is 0.699. The van der Waals surface area contributed by atoms with Crippen LogP contribution in [-0.4, -0.2) is 9.97 Å². The van der Waals surface area contributed by atoms with Gasteiger partial charge < -0.3 is 4.98 Å². The molecule has 1 aromatic rings. The fourth-order valence-electron chi connectivity index (χ4n) is 0.574. The first-order valence-corrected chi connectivity index (χ1v) is 2.18. The Hall–Kier alpha value is -1.23. The predicted octanol–water partition coefficient (Wildman–Crippen LogP) is 0.0937. The molecule has 0 aromatic carbocycles. The summed E-state index contributed by atoms with van der Waals surface area (Å²) in [6.45, 7) is 0. The van der Waals surface area contributed by atoms with Crippen LogP contribution in [0.5, 0.6) is 0 Å². The normalized spacial score (nSPS) is 14.5. The predicted molar refractivity (Wildman–Crippen MR) is 26.9 cm³/mol. The van der Waals surface area contributed by atoms with Crippen molar-refractivity contribution in [1.82, 2.24) is 9.97 Å². The highest BCUT2D eigenvalue weighted by molar-refractivity contribution is 5.59. The maximum Gasteiger partial charge on any atom is 0.196 e. The number of fused-ring (bicyclic) bond motifs is 1. The molecule has 0 aliphatic carbocycles. The Morgan fingerprint density at radius 3 is 3.38 bits per heavy atom. The third kappa shape index (κ3) is 0.311. The molecule has 1 aromatic heterocycles. The summed E-state index contributed by atoms with van der Waals surface area (Å²) in [5.74, 6) is 1.47. The van der Waals surface area contributed by atoms with Crippen molar-refractivity contribution < 1.29 is 4.94 Å². The summed E-state index contributed by atoms with van der Waals surface area (Å²) in [6, 6.07) is 0. The van der Waals surface area contributed by atoms with Crippen molar-refractivity contribution in [2.75, 3.05) is 11.0 Å². The molecule has 0 amide bonds. The van der Waals surface area contributed by atoms with Gasteiger partial charge in [0.05, 0.1) is 6.33 Å². The van der Waals surface area contributed by atoms with Crippen molar-refractivity contribution in [2.45, 2.75) is 0 Å². The lowest BCUT2D eigenvalue weighted by Crippen LogP contribution is -1.96. The maximum atomic E-state index is 4.56. The Bertz CT molecular complexity index is 176. The number of H-pyrrole nitrogens is 1. The number of aromatic amines is 1. The first-order valence-electron chi connectivity index (χ1n) is 2.18. The molecule has 5 heteroatoms. The summed E-state index contributed by atoms with van der Waals surface area (Å²) in [6.07, 6.45) is 1.58. The van der Waals surface area contributed by atoms with Gasteiger partial charge in [0.1, 0.15) is 0 Å². The van der Waals surface area contributed by atoms with Crippen LogP contribution >= 0.6 is 0 Å². The second kappa shape index (κ2) is 1.13. The van der Waals surface area contributed by atoms with E-state index in [1.807, 2.05) is 0 Å². The van der Waals surface area contributed by atoms with Gasteiger partial charge in [-0.3, -0.25) is 0 Å². The first kappa shape index (κ1) is 3.73. The van der Waals surface area contributed by atoms with E-state index >= 15 is 0 Å². The van der Waals surface area contributed by atoms with Gasteiger partial charge in [-0.2, -0.15) is 4.94 Å². The van der Waals surface area contributed by atoms with Crippen molar-refractivity contribution in [3.63, 3.8) is 0 Å². The molecule has 0 bridgehead atoms. The summed E-state index contributed by atoms with van der Waals surface area (Å²) < 4.78 is 0. The van der Waals surface area contributed by atoms with Crippen molar-refractivity contribution in [1.29, 1.82) is 0 Å². The van der Waals surface area contributed by atoms with Gasteiger partial charge in [0.25, 0.3) is 0 Å². The van der Waals surface area contributed by atoms with Crippen molar-refractivity contribution in [3.05, 3.63) is 6.33 Å². The smallest absolute Gasteiger partial charge is 0.196 e.